The van der Waals surface area contributed by atoms with Crippen molar-refractivity contribution < 1.29 is 23.8 Å². The summed E-state index contributed by atoms with van der Waals surface area (Å²) < 4.78 is 15.1. The number of methoxy groups -OCH3 is 2. The molecule has 0 amide bonds. The van der Waals surface area contributed by atoms with Gasteiger partial charge in [-0.3, -0.25) is 0 Å². The molecule has 0 bridgehead atoms. The van der Waals surface area contributed by atoms with Crippen molar-refractivity contribution in [2.45, 2.75) is 6.61 Å². The Bertz CT molecular complexity index is 734. The molecule has 5 nitrogen and oxygen atoms in total. The molecule has 2 aromatic rings. The van der Waals surface area contributed by atoms with Gasteiger partial charge in [0.05, 0.1) is 26.0 Å². The van der Waals surface area contributed by atoms with Gasteiger partial charge in [-0.1, -0.05) is 42.5 Å². The summed E-state index contributed by atoms with van der Waals surface area (Å²) in [6.45, 7) is 0.0297. The third kappa shape index (κ3) is 4.23. The summed E-state index contributed by atoms with van der Waals surface area (Å²) in [6.07, 6.45) is 1.31. The van der Waals surface area contributed by atoms with Crippen LogP contribution in [0.25, 0.3) is 5.57 Å². The van der Waals surface area contributed by atoms with Crippen molar-refractivity contribution in [2.24, 2.45) is 0 Å². The summed E-state index contributed by atoms with van der Waals surface area (Å²) in [4.78, 5) is 24.0. The highest BCUT2D eigenvalue weighted by Crippen LogP contribution is 2.22. The molecule has 0 N–H and O–H groups in total. The number of carbonyl (C=O) groups is 2. The summed E-state index contributed by atoms with van der Waals surface area (Å²) >= 11 is 0. The Morgan fingerprint density at radius 3 is 2.29 bits per heavy atom. The Kier molecular flexibility index (Phi) is 6.14. The standard InChI is InChI=1S/C19H18O5/c1-22-13-17(19(21)23-2)16-11-7-6-10-15(16)12-24-18(20)14-8-4-3-5-9-14/h3-11,13H,12H2,1-2H3. The van der Waals surface area contributed by atoms with Crippen LogP contribution in [0.4, 0.5) is 0 Å². The SMILES string of the molecule is COC=C(C(=O)OC)c1ccccc1COC(=O)c1ccccc1. The molecule has 2 aromatic carbocycles. The van der Waals surface area contributed by atoms with Crippen molar-refractivity contribution in [3.05, 3.63) is 77.5 Å². The van der Waals surface area contributed by atoms with E-state index >= 15 is 0 Å². The molecule has 2 rings (SSSR count). The van der Waals surface area contributed by atoms with Crippen molar-refractivity contribution in [1.82, 2.24) is 0 Å². The van der Waals surface area contributed by atoms with Crippen LogP contribution in [-0.2, 0) is 25.6 Å². The van der Waals surface area contributed by atoms with Crippen LogP contribution in [0.2, 0.25) is 0 Å². The van der Waals surface area contributed by atoms with E-state index < -0.39 is 11.9 Å². The van der Waals surface area contributed by atoms with Crippen molar-refractivity contribution in [2.75, 3.05) is 14.2 Å². The molecule has 0 atom stereocenters. The predicted molar refractivity (Wildman–Crippen MR) is 89.0 cm³/mol. The number of esters is 2. The van der Waals surface area contributed by atoms with Crippen molar-refractivity contribution in [3.8, 4) is 0 Å². The molecule has 0 aliphatic heterocycles. The maximum Gasteiger partial charge on any atom is 0.341 e. The molecular formula is C19H18O5. The minimum absolute atomic E-state index is 0.0297. The molecule has 5 heteroatoms. The highest BCUT2D eigenvalue weighted by atomic mass is 16.5. The average molecular weight is 326 g/mol. The molecule has 0 heterocycles. The second kappa shape index (κ2) is 8.53. The van der Waals surface area contributed by atoms with Gasteiger partial charge in [-0.25, -0.2) is 9.59 Å². The van der Waals surface area contributed by atoms with E-state index in [1.165, 1.54) is 20.5 Å². The van der Waals surface area contributed by atoms with Gasteiger partial charge in [0.15, 0.2) is 0 Å². The lowest BCUT2D eigenvalue weighted by molar-refractivity contribution is -0.133. The van der Waals surface area contributed by atoms with Crippen LogP contribution in [0.15, 0.2) is 60.9 Å². The largest absolute Gasteiger partial charge is 0.503 e. The van der Waals surface area contributed by atoms with Crippen LogP contribution in [-0.4, -0.2) is 26.2 Å². The van der Waals surface area contributed by atoms with Gasteiger partial charge in [-0.2, -0.15) is 0 Å². The van der Waals surface area contributed by atoms with E-state index in [9.17, 15) is 9.59 Å². The molecule has 0 aliphatic carbocycles. The molecule has 24 heavy (non-hydrogen) atoms. The molecular weight excluding hydrogens is 308 g/mol. The summed E-state index contributed by atoms with van der Waals surface area (Å²) in [5.41, 5.74) is 1.99. The predicted octanol–water partition coefficient (Wildman–Crippen LogP) is 3.20. The number of carbonyl (C=O) groups excluding carboxylic acids is 2. The Morgan fingerprint density at radius 1 is 0.958 bits per heavy atom. The number of hydrogen-bond donors (Lipinski definition) is 0. The lowest BCUT2D eigenvalue weighted by Gasteiger charge is -2.12. The van der Waals surface area contributed by atoms with Crippen LogP contribution >= 0.6 is 0 Å². The van der Waals surface area contributed by atoms with Crippen molar-refractivity contribution in [3.63, 3.8) is 0 Å². The molecule has 124 valence electrons. The summed E-state index contributed by atoms with van der Waals surface area (Å²) in [5.74, 6) is -0.959. The Labute approximate surface area is 140 Å². The van der Waals surface area contributed by atoms with Crippen molar-refractivity contribution >= 4 is 17.5 Å². The smallest absolute Gasteiger partial charge is 0.341 e. The third-order valence-corrected chi connectivity index (χ3v) is 3.32. The molecule has 0 fully saturated rings. The Hall–Kier alpha value is -3.08. The topological polar surface area (TPSA) is 61.8 Å². The summed E-state index contributed by atoms with van der Waals surface area (Å²) in [7, 11) is 2.74. The molecule has 0 aromatic heterocycles. The quantitative estimate of drug-likeness (QED) is 0.463. The number of ether oxygens (including phenoxy) is 3. The van der Waals surface area contributed by atoms with Gasteiger partial charge in [0.1, 0.15) is 12.2 Å². The van der Waals surface area contributed by atoms with Gasteiger partial charge in [-0.05, 0) is 23.3 Å². The fourth-order valence-corrected chi connectivity index (χ4v) is 2.16. The van der Waals surface area contributed by atoms with Crippen LogP contribution in [0, 0.1) is 0 Å². The first-order valence-electron chi connectivity index (χ1n) is 7.29. The van der Waals surface area contributed by atoms with Gasteiger partial charge in [0.25, 0.3) is 0 Å². The monoisotopic (exact) mass is 326 g/mol. The van der Waals surface area contributed by atoms with E-state index in [4.69, 9.17) is 14.2 Å². The fraction of sp³-hybridized carbons (Fsp3) is 0.158. The second-order valence-electron chi connectivity index (χ2n) is 4.86. The highest BCUT2D eigenvalue weighted by molar-refractivity contribution is 6.16. The average Bonchev–Trinajstić information content (AvgIpc) is 2.64. The number of rotatable bonds is 6. The lowest BCUT2D eigenvalue weighted by atomic mass is 10.0. The first-order valence-corrected chi connectivity index (χ1v) is 7.29. The molecule has 0 unspecified atom stereocenters. The number of benzene rings is 2. The van der Waals surface area contributed by atoms with E-state index in [1.54, 1.807) is 48.5 Å². The van der Waals surface area contributed by atoms with Crippen LogP contribution in [0.5, 0.6) is 0 Å². The molecule has 0 saturated carbocycles. The molecule has 0 saturated heterocycles. The Balaban J connectivity index is 2.21. The molecule has 0 spiro atoms. The number of hydrogen-bond acceptors (Lipinski definition) is 5. The zero-order valence-corrected chi connectivity index (χ0v) is 13.5. The minimum Gasteiger partial charge on any atom is -0.503 e. The van der Waals surface area contributed by atoms with E-state index in [0.29, 0.717) is 16.7 Å². The van der Waals surface area contributed by atoms with Crippen molar-refractivity contribution in [1.29, 1.82) is 0 Å². The van der Waals surface area contributed by atoms with Crippen LogP contribution in [0.1, 0.15) is 21.5 Å². The van der Waals surface area contributed by atoms with Gasteiger partial charge in [-0.15, -0.1) is 0 Å². The maximum atomic E-state index is 12.1. The Morgan fingerprint density at radius 2 is 1.62 bits per heavy atom. The molecule has 0 aliphatic rings. The minimum atomic E-state index is -0.529. The zero-order valence-electron chi connectivity index (χ0n) is 13.5. The van der Waals surface area contributed by atoms with Crippen LogP contribution in [0.3, 0.4) is 0 Å². The first kappa shape index (κ1) is 17.3. The third-order valence-electron chi connectivity index (χ3n) is 3.32. The normalized spacial score (nSPS) is 10.8. The zero-order chi connectivity index (χ0) is 17.4. The van der Waals surface area contributed by atoms with E-state index in [2.05, 4.69) is 0 Å². The lowest BCUT2D eigenvalue weighted by Crippen LogP contribution is -2.09. The van der Waals surface area contributed by atoms with Gasteiger partial charge in [0, 0.05) is 0 Å². The van der Waals surface area contributed by atoms with E-state index in [0.717, 1.165) is 0 Å². The maximum absolute atomic E-state index is 12.1. The summed E-state index contributed by atoms with van der Waals surface area (Å²) in [6, 6.07) is 15.8. The van der Waals surface area contributed by atoms with Gasteiger partial charge in [0.2, 0.25) is 0 Å². The highest BCUT2D eigenvalue weighted by Gasteiger charge is 2.17. The summed E-state index contributed by atoms with van der Waals surface area (Å²) in [5, 5.41) is 0. The molecule has 0 radical (unpaired) electrons. The van der Waals surface area contributed by atoms with E-state index in [-0.39, 0.29) is 12.2 Å². The van der Waals surface area contributed by atoms with Crippen LogP contribution < -0.4 is 0 Å². The van der Waals surface area contributed by atoms with Gasteiger partial charge >= 0.3 is 11.9 Å². The first-order chi connectivity index (χ1) is 11.7. The van der Waals surface area contributed by atoms with E-state index in [1.807, 2.05) is 6.07 Å². The fourth-order valence-electron chi connectivity index (χ4n) is 2.16. The van der Waals surface area contributed by atoms with Gasteiger partial charge < -0.3 is 14.2 Å². The second-order valence-corrected chi connectivity index (χ2v) is 4.86.